The van der Waals surface area contributed by atoms with E-state index in [1.54, 1.807) is 11.8 Å². The molecule has 0 saturated heterocycles. The maximum absolute atomic E-state index is 3.76. The van der Waals surface area contributed by atoms with E-state index in [0.29, 0.717) is 0 Å². The monoisotopic (exact) mass is 176 g/mol. The Labute approximate surface area is 78.0 Å². The van der Waals surface area contributed by atoms with Crippen molar-refractivity contribution in [2.45, 2.75) is 11.8 Å². The summed E-state index contributed by atoms with van der Waals surface area (Å²) in [6.45, 7) is 5.78. The van der Waals surface area contributed by atoms with Gasteiger partial charge in [0.1, 0.15) is 0 Å². The minimum absolute atomic E-state index is 1.20. The molecule has 0 bridgehead atoms. The Bertz CT molecular complexity index is 287. The lowest BCUT2D eigenvalue weighted by Gasteiger charge is -2.00. The van der Waals surface area contributed by atoms with E-state index in [2.05, 4.69) is 24.1 Å². The Morgan fingerprint density at radius 2 is 2.08 bits per heavy atom. The molecule has 0 saturated carbocycles. The van der Waals surface area contributed by atoms with Gasteiger partial charge in [0.05, 0.1) is 0 Å². The number of allylic oxidation sites excluding steroid dienone is 1. The molecule has 0 nitrogen and oxygen atoms in total. The molecule has 1 heteroatoms. The van der Waals surface area contributed by atoms with Gasteiger partial charge in [0.15, 0.2) is 0 Å². The fourth-order valence-corrected chi connectivity index (χ4v) is 1.63. The van der Waals surface area contributed by atoms with Crippen molar-refractivity contribution in [2.75, 3.05) is 0 Å². The maximum atomic E-state index is 3.76. The average Bonchev–Trinajstić information content (AvgIpc) is 2.15. The Kier molecular flexibility index (Phi) is 3.68. The van der Waals surface area contributed by atoms with Crippen LogP contribution in [0.4, 0.5) is 0 Å². The molecule has 0 N–H and O–H groups in total. The Hall–Kier alpha value is -0.950. The van der Waals surface area contributed by atoms with Crippen molar-refractivity contribution in [1.82, 2.24) is 0 Å². The molecule has 0 aromatic heterocycles. The molecule has 62 valence electrons. The minimum atomic E-state index is 1.20. The number of benzene rings is 1. The van der Waals surface area contributed by atoms with E-state index in [-0.39, 0.29) is 0 Å². The lowest BCUT2D eigenvalue weighted by molar-refractivity contribution is 1.43. The molecule has 12 heavy (non-hydrogen) atoms. The van der Waals surface area contributed by atoms with Crippen LogP contribution in [0.1, 0.15) is 12.5 Å². The zero-order valence-electron chi connectivity index (χ0n) is 7.16. The van der Waals surface area contributed by atoms with Gasteiger partial charge in [-0.15, -0.1) is 0 Å². The van der Waals surface area contributed by atoms with E-state index in [1.165, 1.54) is 10.5 Å². The van der Waals surface area contributed by atoms with Crippen molar-refractivity contribution in [3.05, 3.63) is 47.9 Å². The summed E-state index contributed by atoms with van der Waals surface area (Å²) in [7, 11) is 0. The second kappa shape index (κ2) is 4.83. The van der Waals surface area contributed by atoms with E-state index in [1.807, 2.05) is 31.2 Å². The SMILES string of the molecule is C=Cc1ccccc1S/C=C\C. The summed E-state index contributed by atoms with van der Waals surface area (Å²) in [6.07, 6.45) is 3.91. The molecule has 0 fully saturated rings. The second-order valence-electron chi connectivity index (χ2n) is 2.33. The molecule has 1 aromatic rings. The summed E-state index contributed by atoms with van der Waals surface area (Å²) in [5.74, 6) is 0. The van der Waals surface area contributed by atoms with Crippen molar-refractivity contribution in [3.8, 4) is 0 Å². The van der Waals surface area contributed by atoms with Crippen LogP contribution in [0.2, 0.25) is 0 Å². The maximum Gasteiger partial charge on any atom is 0.0188 e. The minimum Gasteiger partial charge on any atom is -0.0984 e. The molecule has 0 atom stereocenters. The molecule has 1 rings (SSSR count). The molecule has 0 amide bonds. The third-order valence-electron chi connectivity index (χ3n) is 1.47. The quantitative estimate of drug-likeness (QED) is 0.628. The van der Waals surface area contributed by atoms with Crippen LogP contribution in [0.5, 0.6) is 0 Å². The van der Waals surface area contributed by atoms with Crippen LogP contribution in [0.25, 0.3) is 6.08 Å². The molecule has 0 aliphatic carbocycles. The van der Waals surface area contributed by atoms with Crippen molar-refractivity contribution >= 4 is 17.8 Å². The van der Waals surface area contributed by atoms with E-state index < -0.39 is 0 Å². The summed E-state index contributed by atoms with van der Waals surface area (Å²) < 4.78 is 0. The highest BCUT2D eigenvalue weighted by Crippen LogP contribution is 2.23. The number of rotatable bonds is 3. The van der Waals surface area contributed by atoms with Crippen molar-refractivity contribution in [2.24, 2.45) is 0 Å². The van der Waals surface area contributed by atoms with Crippen molar-refractivity contribution < 1.29 is 0 Å². The van der Waals surface area contributed by atoms with Gasteiger partial charge in [-0.3, -0.25) is 0 Å². The molecule has 0 aliphatic rings. The fourth-order valence-electron chi connectivity index (χ4n) is 0.898. The average molecular weight is 176 g/mol. The predicted octanol–water partition coefficient (Wildman–Crippen LogP) is 3.96. The zero-order valence-corrected chi connectivity index (χ0v) is 7.97. The smallest absolute Gasteiger partial charge is 0.0188 e. The van der Waals surface area contributed by atoms with Crippen molar-refractivity contribution in [3.63, 3.8) is 0 Å². The third kappa shape index (κ3) is 2.28. The molecular weight excluding hydrogens is 164 g/mol. The van der Waals surface area contributed by atoms with Gasteiger partial charge >= 0.3 is 0 Å². The van der Waals surface area contributed by atoms with Gasteiger partial charge < -0.3 is 0 Å². The van der Waals surface area contributed by atoms with Crippen LogP contribution in [0.15, 0.2) is 47.2 Å². The van der Waals surface area contributed by atoms with E-state index in [4.69, 9.17) is 0 Å². The van der Waals surface area contributed by atoms with Crippen molar-refractivity contribution in [1.29, 1.82) is 0 Å². The predicted molar refractivity (Wildman–Crippen MR) is 57.2 cm³/mol. The van der Waals surface area contributed by atoms with Crippen LogP contribution >= 0.6 is 11.8 Å². The lowest BCUT2D eigenvalue weighted by atomic mass is 10.2. The first-order chi connectivity index (χ1) is 5.88. The largest absolute Gasteiger partial charge is 0.0984 e. The van der Waals surface area contributed by atoms with Crippen LogP contribution in [-0.4, -0.2) is 0 Å². The molecule has 0 radical (unpaired) electrons. The Morgan fingerprint density at radius 1 is 1.33 bits per heavy atom. The van der Waals surface area contributed by atoms with Crippen LogP contribution in [0, 0.1) is 0 Å². The molecule has 0 aliphatic heterocycles. The topological polar surface area (TPSA) is 0 Å². The summed E-state index contributed by atoms with van der Waals surface area (Å²) in [5.41, 5.74) is 1.20. The second-order valence-corrected chi connectivity index (χ2v) is 3.28. The highest BCUT2D eigenvalue weighted by Gasteiger charge is 1.94. The van der Waals surface area contributed by atoms with E-state index >= 15 is 0 Å². The van der Waals surface area contributed by atoms with Gasteiger partial charge in [0, 0.05) is 4.90 Å². The van der Waals surface area contributed by atoms with Crippen LogP contribution in [0.3, 0.4) is 0 Å². The number of hydrogen-bond donors (Lipinski definition) is 0. The molecular formula is C11H12S. The zero-order chi connectivity index (χ0) is 8.81. The summed E-state index contributed by atoms with van der Waals surface area (Å²) >= 11 is 1.72. The van der Waals surface area contributed by atoms with E-state index in [0.717, 1.165) is 0 Å². The Morgan fingerprint density at radius 3 is 2.75 bits per heavy atom. The van der Waals surface area contributed by atoms with Gasteiger partial charge in [0.2, 0.25) is 0 Å². The first-order valence-electron chi connectivity index (χ1n) is 3.87. The Balaban J connectivity index is 2.89. The van der Waals surface area contributed by atoms with Crippen LogP contribution in [-0.2, 0) is 0 Å². The first kappa shape index (κ1) is 9.14. The molecule has 0 unspecified atom stereocenters. The summed E-state index contributed by atoms with van der Waals surface area (Å²) in [5, 5.41) is 2.07. The van der Waals surface area contributed by atoms with Gasteiger partial charge in [-0.1, -0.05) is 48.7 Å². The van der Waals surface area contributed by atoms with Gasteiger partial charge in [0.25, 0.3) is 0 Å². The summed E-state index contributed by atoms with van der Waals surface area (Å²) in [6, 6.07) is 8.23. The summed E-state index contributed by atoms with van der Waals surface area (Å²) in [4.78, 5) is 1.26. The highest BCUT2D eigenvalue weighted by atomic mass is 32.2. The first-order valence-corrected chi connectivity index (χ1v) is 4.75. The standard InChI is InChI=1S/C11H12S/c1-3-9-12-11-8-6-5-7-10(11)4-2/h3-9H,2H2,1H3/b9-3-. The van der Waals surface area contributed by atoms with Crippen LogP contribution < -0.4 is 0 Å². The lowest BCUT2D eigenvalue weighted by Crippen LogP contribution is -1.74. The van der Waals surface area contributed by atoms with Gasteiger partial charge in [-0.2, -0.15) is 0 Å². The number of thioether (sulfide) groups is 1. The third-order valence-corrected chi connectivity index (χ3v) is 2.50. The van der Waals surface area contributed by atoms with E-state index in [9.17, 15) is 0 Å². The normalized spacial score (nSPS) is 10.4. The number of hydrogen-bond acceptors (Lipinski definition) is 1. The molecule has 0 heterocycles. The fraction of sp³-hybridized carbons (Fsp3) is 0.0909. The molecule has 0 spiro atoms. The van der Waals surface area contributed by atoms with Gasteiger partial charge in [-0.05, 0) is 24.0 Å². The highest BCUT2D eigenvalue weighted by molar-refractivity contribution is 8.02. The van der Waals surface area contributed by atoms with Gasteiger partial charge in [-0.25, -0.2) is 0 Å². The molecule has 1 aromatic carbocycles.